The van der Waals surface area contributed by atoms with Crippen LogP contribution in [0.1, 0.15) is 5.56 Å². The van der Waals surface area contributed by atoms with Crippen LogP contribution < -0.4 is 5.32 Å². The third kappa shape index (κ3) is 3.09. The average molecular weight is 303 g/mol. The van der Waals surface area contributed by atoms with E-state index < -0.39 is 0 Å². The van der Waals surface area contributed by atoms with Gasteiger partial charge in [-0.25, -0.2) is 9.97 Å². The van der Waals surface area contributed by atoms with Crippen LogP contribution >= 0.6 is 0 Å². The summed E-state index contributed by atoms with van der Waals surface area (Å²) < 4.78 is 0. The molecule has 23 heavy (non-hydrogen) atoms. The molecule has 0 amide bonds. The third-order valence-electron chi connectivity index (χ3n) is 3.27. The highest BCUT2D eigenvalue weighted by atomic mass is 16.3. The number of aryl methyl sites for hydroxylation is 1. The van der Waals surface area contributed by atoms with E-state index in [0.29, 0.717) is 17.2 Å². The van der Waals surface area contributed by atoms with Gasteiger partial charge in [-0.2, -0.15) is 0 Å². The number of nitrogens with zero attached hydrogens (tertiary/aromatic N) is 4. The molecule has 0 aliphatic rings. The van der Waals surface area contributed by atoms with E-state index in [0.717, 1.165) is 11.1 Å². The maximum absolute atomic E-state index is 10.4. The van der Waals surface area contributed by atoms with Crippen molar-refractivity contribution in [3.05, 3.63) is 65.9 Å². The molecule has 0 spiro atoms. The molecule has 2 aromatic heterocycles. The van der Waals surface area contributed by atoms with Crippen molar-refractivity contribution in [1.82, 2.24) is 15.0 Å². The van der Waals surface area contributed by atoms with Crippen LogP contribution in [0.5, 0.6) is 5.75 Å². The van der Waals surface area contributed by atoms with Crippen molar-refractivity contribution in [2.24, 2.45) is 0 Å². The Bertz CT molecular complexity index is 867. The van der Waals surface area contributed by atoms with Crippen molar-refractivity contribution in [3.8, 4) is 17.0 Å². The van der Waals surface area contributed by atoms with Crippen LogP contribution in [0.4, 0.5) is 17.3 Å². The van der Waals surface area contributed by atoms with Gasteiger partial charge in [-0.05, 0) is 19.1 Å². The summed E-state index contributed by atoms with van der Waals surface area (Å²) in [6.07, 6.45) is 2.90. The van der Waals surface area contributed by atoms with Gasteiger partial charge in [0.05, 0.1) is 5.69 Å². The van der Waals surface area contributed by atoms with E-state index >= 15 is 0 Å². The molecule has 0 aliphatic carbocycles. The summed E-state index contributed by atoms with van der Waals surface area (Å²) in [6, 6.07) is 11.0. The molecule has 112 valence electrons. The molecule has 6 nitrogen and oxygen atoms in total. The van der Waals surface area contributed by atoms with Crippen LogP contribution in [0.25, 0.3) is 16.1 Å². The predicted octanol–water partition coefficient (Wildman–Crippen LogP) is 3.85. The number of nitrogens with one attached hydrogen (secondary N) is 1. The highest BCUT2D eigenvalue weighted by Gasteiger charge is 2.12. The topological polar surface area (TPSA) is 75.3 Å². The standard InChI is InChI=1S/C17H13N5O/c1-11-3-5-12(6-4-11)15-16(23)17(21-10-20-15)22-13-7-8-14(18-2)19-9-13/h3-10,23H,1H3,(H,20,21,22). The predicted molar refractivity (Wildman–Crippen MR) is 87.7 cm³/mol. The molecule has 0 atom stereocenters. The Morgan fingerprint density at radius 1 is 1.04 bits per heavy atom. The Balaban J connectivity index is 1.93. The third-order valence-corrected chi connectivity index (χ3v) is 3.27. The molecule has 0 unspecified atom stereocenters. The number of rotatable bonds is 3. The quantitative estimate of drug-likeness (QED) is 0.719. The smallest absolute Gasteiger partial charge is 0.269 e. The number of hydrogen-bond donors (Lipinski definition) is 2. The highest BCUT2D eigenvalue weighted by molar-refractivity contribution is 5.74. The zero-order valence-corrected chi connectivity index (χ0v) is 12.4. The van der Waals surface area contributed by atoms with Crippen LogP contribution in [-0.4, -0.2) is 20.1 Å². The van der Waals surface area contributed by atoms with Gasteiger partial charge < -0.3 is 15.3 Å². The fraction of sp³-hybridized carbons (Fsp3) is 0.0588. The van der Waals surface area contributed by atoms with Gasteiger partial charge in [-0.15, -0.1) is 4.98 Å². The molecule has 3 rings (SSSR count). The molecular weight excluding hydrogens is 290 g/mol. The molecule has 0 aliphatic heterocycles. The monoisotopic (exact) mass is 303 g/mol. The second-order valence-corrected chi connectivity index (χ2v) is 4.93. The van der Waals surface area contributed by atoms with Crippen LogP contribution in [-0.2, 0) is 0 Å². The van der Waals surface area contributed by atoms with Gasteiger partial charge in [-0.3, -0.25) is 0 Å². The SMILES string of the molecule is [C-]#[N+]c1ccc(Nc2ncnc(-c3ccc(C)cc3)c2O)cn1. The lowest BCUT2D eigenvalue weighted by molar-refractivity contribution is 0.475. The Hall–Kier alpha value is -3.46. The number of anilines is 2. The minimum atomic E-state index is -0.0365. The second-order valence-electron chi connectivity index (χ2n) is 4.93. The normalized spacial score (nSPS) is 10.1. The number of aromatic nitrogens is 3. The number of hydrogen-bond acceptors (Lipinski definition) is 5. The second kappa shape index (κ2) is 6.12. The van der Waals surface area contributed by atoms with Gasteiger partial charge in [-0.1, -0.05) is 36.4 Å². The van der Waals surface area contributed by atoms with Crippen molar-refractivity contribution in [1.29, 1.82) is 0 Å². The zero-order valence-electron chi connectivity index (χ0n) is 12.4. The van der Waals surface area contributed by atoms with Crippen LogP contribution in [0, 0.1) is 13.5 Å². The molecule has 0 saturated heterocycles. The lowest BCUT2D eigenvalue weighted by atomic mass is 10.1. The first-order valence-corrected chi connectivity index (χ1v) is 6.89. The van der Waals surface area contributed by atoms with E-state index in [2.05, 4.69) is 25.1 Å². The minimum Gasteiger partial charge on any atom is -0.503 e. The lowest BCUT2D eigenvalue weighted by Crippen LogP contribution is -1.97. The summed E-state index contributed by atoms with van der Waals surface area (Å²) in [5, 5.41) is 13.4. The maximum atomic E-state index is 10.4. The molecule has 0 fully saturated rings. The summed E-state index contributed by atoms with van der Waals surface area (Å²) >= 11 is 0. The van der Waals surface area contributed by atoms with E-state index in [1.54, 1.807) is 12.1 Å². The summed E-state index contributed by atoms with van der Waals surface area (Å²) in [7, 11) is 0. The van der Waals surface area contributed by atoms with Crippen LogP contribution in [0.3, 0.4) is 0 Å². The summed E-state index contributed by atoms with van der Waals surface area (Å²) in [5.74, 6) is 0.557. The van der Waals surface area contributed by atoms with Gasteiger partial charge in [0.25, 0.3) is 5.82 Å². The van der Waals surface area contributed by atoms with Gasteiger partial charge in [0.15, 0.2) is 11.6 Å². The molecule has 0 radical (unpaired) electrons. The van der Waals surface area contributed by atoms with Crippen molar-refractivity contribution < 1.29 is 5.11 Å². The molecule has 6 heteroatoms. The fourth-order valence-electron chi connectivity index (χ4n) is 2.06. The van der Waals surface area contributed by atoms with Gasteiger partial charge in [0.2, 0.25) is 0 Å². The molecular formula is C17H13N5O. The van der Waals surface area contributed by atoms with E-state index in [1.807, 2.05) is 31.2 Å². The van der Waals surface area contributed by atoms with E-state index in [-0.39, 0.29) is 11.6 Å². The molecule has 1 aromatic carbocycles. The van der Waals surface area contributed by atoms with E-state index in [4.69, 9.17) is 6.57 Å². The Labute approximate surface area is 133 Å². The summed E-state index contributed by atoms with van der Waals surface area (Å²) in [4.78, 5) is 15.4. The van der Waals surface area contributed by atoms with E-state index in [9.17, 15) is 5.11 Å². The molecule has 0 bridgehead atoms. The molecule has 2 N–H and O–H groups in total. The van der Waals surface area contributed by atoms with Crippen molar-refractivity contribution in [2.45, 2.75) is 6.92 Å². The molecule has 3 aromatic rings. The lowest BCUT2D eigenvalue weighted by Gasteiger charge is -2.09. The Morgan fingerprint density at radius 3 is 2.48 bits per heavy atom. The average Bonchev–Trinajstić information content (AvgIpc) is 2.58. The number of benzene rings is 1. The maximum Gasteiger partial charge on any atom is 0.269 e. The fourth-order valence-corrected chi connectivity index (χ4v) is 2.06. The zero-order chi connectivity index (χ0) is 16.2. The molecule has 2 heterocycles. The largest absolute Gasteiger partial charge is 0.503 e. The first-order valence-electron chi connectivity index (χ1n) is 6.89. The van der Waals surface area contributed by atoms with Crippen LogP contribution in [0.2, 0.25) is 0 Å². The molecule has 0 saturated carbocycles. The van der Waals surface area contributed by atoms with Crippen molar-refractivity contribution in [3.63, 3.8) is 0 Å². The highest BCUT2D eigenvalue weighted by Crippen LogP contribution is 2.33. The van der Waals surface area contributed by atoms with Crippen LogP contribution in [0.15, 0.2) is 48.9 Å². The van der Waals surface area contributed by atoms with Gasteiger partial charge in [0, 0.05) is 5.56 Å². The number of aromatic hydroxyl groups is 1. The minimum absolute atomic E-state index is 0.0365. The Morgan fingerprint density at radius 2 is 1.83 bits per heavy atom. The van der Waals surface area contributed by atoms with Gasteiger partial charge in [0.1, 0.15) is 18.2 Å². The van der Waals surface area contributed by atoms with E-state index in [1.165, 1.54) is 12.5 Å². The van der Waals surface area contributed by atoms with Crippen molar-refractivity contribution in [2.75, 3.05) is 5.32 Å². The first-order chi connectivity index (χ1) is 11.2. The summed E-state index contributed by atoms with van der Waals surface area (Å²) in [6.45, 7) is 8.89. The number of pyridine rings is 1. The summed E-state index contributed by atoms with van der Waals surface area (Å²) in [5.41, 5.74) is 3.01. The van der Waals surface area contributed by atoms with Crippen molar-refractivity contribution >= 4 is 17.3 Å². The first kappa shape index (κ1) is 14.5. The van der Waals surface area contributed by atoms with Gasteiger partial charge >= 0.3 is 0 Å². The Kier molecular flexibility index (Phi) is 3.85.